The number of pyridine rings is 1. The van der Waals surface area contributed by atoms with Crippen molar-refractivity contribution in [3.05, 3.63) is 54.2 Å². The summed E-state index contributed by atoms with van der Waals surface area (Å²) in [6, 6.07) is 13.2. The summed E-state index contributed by atoms with van der Waals surface area (Å²) in [6.07, 6.45) is 5.71. The van der Waals surface area contributed by atoms with Crippen LogP contribution in [-0.2, 0) is 16.0 Å². The van der Waals surface area contributed by atoms with Crippen molar-refractivity contribution in [1.29, 1.82) is 0 Å². The topological polar surface area (TPSA) is 77.7 Å². The van der Waals surface area contributed by atoms with Crippen molar-refractivity contribution < 1.29 is 14.3 Å². The van der Waals surface area contributed by atoms with Gasteiger partial charge in [-0.25, -0.2) is 4.98 Å². The second-order valence-electron chi connectivity index (χ2n) is 7.23. The molecule has 1 aliphatic heterocycles. The summed E-state index contributed by atoms with van der Waals surface area (Å²) >= 11 is 0. The van der Waals surface area contributed by atoms with Gasteiger partial charge in [-0.3, -0.25) is 4.79 Å². The van der Waals surface area contributed by atoms with Crippen molar-refractivity contribution >= 4 is 11.8 Å². The molecule has 28 heavy (non-hydrogen) atoms. The zero-order chi connectivity index (χ0) is 19.8. The molecule has 3 rings (SSSR count). The number of nitrogens with two attached hydrogens (primary N) is 1. The second kappa shape index (κ2) is 10.1. The van der Waals surface area contributed by atoms with E-state index in [1.807, 2.05) is 42.6 Å². The van der Waals surface area contributed by atoms with E-state index in [1.165, 1.54) is 20.0 Å². The van der Waals surface area contributed by atoms with Crippen LogP contribution >= 0.6 is 0 Å². The molecule has 0 bridgehead atoms. The first-order chi connectivity index (χ1) is 13.7. The zero-order valence-electron chi connectivity index (χ0n) is 16.4. The van der Waals surface area contributed by atoms with E-state index < -0.39 is 12.0 Å². The molecule has 150 valence electrons. The Hall–Kier alpha value is -2.60. The lowest BCUT2D eigenvalue weighted by Gasteiger charge is -2.32. The van der Waals surface area contributed by atoms with Crippen molar-refractivity contribution in [2.75, 3.05) is 31.7 Å². The third kappa shape index (κ3) is 5.70. The molecule has 1 unspecified atom stereocenters. The molecule has 1 aliphatic rings. The summed E-state index contributed by atoms with van der Waals surface area (Å²) in [5, 5.41) is 0. The Morgan fingerprint density at radius 3 is 2.61 bits per heavy atom. The molecule has 2 aromatic rings. The summed E-state index contributed by atoms with van der Waals surface area (Å²) in [5.74, 6) is 2.22. The highest BCUT2D eigenvalue weighted by molar-refractivity contribution is 5.75. The van der Waals surface area contributed by atoms with Gasteiger partial charge in [-0.05, 0) is 61.4 Å². The molecule has 0 spiro atoms. The lowest BCUT2D eigenvalue weighted by Crippen LogP contribution is -2.34. The van der Waals surface area contributed by atoms with E-state index in [-0.39, 0.29) is 0 Å². The number of hydrogen-bond acceptors (Lipinski definition) is 6. The zero-order valence-corrected chi connectivity index (χ0v) is 16.4. The number of carbonyl (C=O) groups excluding carboxylic acids is 1. The van der Waals surface area contributed by atoms with Crippen molar-refractivity contribution in [3.8, 4) is 5.75 Å². The van der Waals surface area contributed by atoms with Crippen LogP contribution in [0.15, 0.2) is 48.7 Å². The van der Waals surface area contributed by atoms with Crippen LogP contribution in [-0.4, -0.2) is 43.8 Å². The SMILES string of the molecule is COC(=O)C(N)Cc1ccc(OCCC2CCN(c3ccccn3)CC2)cc1. The Morgan fingerprint density at radius 1 is 1.21 bits per heavy atom. The lowest BCUT2D eigenvalue weighted by atomic mass is 9.94. The quantitative estimate of drug-likeness (QED) is 0.707. The summed E-state index contributed by atoms with van der Waals surface area (Å²) in [5.41, 5.74) is 6.79. The fourth-order valence-corrected chi connectivity index (χ4v) is 3.55. The van der Waals surface area contributed by atoms with Gasteiger partial charge in [-0.1, -0.05) is 18.2 Å². The van der Waals surface area contributed by atoms with Gasteiger partial charge in [0.15, 0.2) is 0 Å². The average molecular weight is 383 g/mol. The van der Waals surface area contributed by atoms with Crippen molar-refractivity contribution in [2.45, 2.75) is 31.7 Å². The molecule has 6 nitrogen and oxygen atoms in total. The van der Waals surface area contributed by atoms with E-state index in [0.29, 0.717) is 12.3 Å². The number of hydrogen-bond donors (Lipinski definition) is 1. The smallest absolute Gasteiger partial charge is 0.322 e. The Bertz CT molecular complexity index is 728. The molecule has 1 fully saturated rings. The highest BCUT2D eigenvalue weighted by atomic mass is 16.5. The number of aromatic nitrogens is 1. The van der Waals surface area contributed by atoms with E-state index >= 15 is 0 Å². The maximum Gasteiger partial charge on any atom is 0.322 e. The maximum absolute atomic E-state index is 11.4. The summed E-state index contributed by atoms with van der Waals surface area (Å²) < 4.78 is 10.6. The molecule has 1 aromatic heterocycles. The first-order valence-corrected chi connectivity index (χ1v) is 9.87. The fourth-order valence-electron chi connectivity index (χ4n) is 3.55. The number of piperidine rings is 1. The van der Waals surface area contributed by atoms with Crippen LogP contribution in [0.4, 0.5) is 5.82 Å². The van der Waals surface area contributed by atoms with E-state index in [9.17, 15) is 4.79 Å². The van der Waals surface area contributed by atoms with Crippen molar-refractivity contribution in [2.24, 2.45) is 11.7 Å². The molecule has 1 saturated heterocycles. The number of carbonyl (C=O) groups is 1. The number of nitrogens with zero attached hydrogens (tertiary/aromatic N) is 2. The third-order valence-electron chi connectivity index (χ3n) is 5.27. The Kier molecular flexibility index (Phi) is 7.25. The molecule has 2 N–H and O–H groups in total. The van der Waals surface area contributed by atoms with Crippen LogP contribution in [0.5, 0.6) is 5.75 Å². The van der Waals surface area contributed by atoms with Crippen LogP contribution in [0.2, 0.25) is 0 Å². The van der Waals surface area contributed by atoms with Gasteiger partial charge < -0.3 is 20.1 Å². The van der Waals surface area contributed by atoms with Gasteiger partial charge in [-0.15, -0.1) is 0 Å². The van der Waals surface area contributed by atoms with Crippen LogP contribution in [0.1, 0.15) is 24.8 Å². The van der Waals surface area contributed by atoms with Gasteiger partial charge in [0.25, 0.3) is 0 Å². The van der Waals surface area contributed by atoms with Gasteiger partial charge >= 0.3 is 5.97 Å². The molecule has 0 amide bonds. The number of esters is 1. The highest BCUT2D eigenvalue weighted by Crippen LogP contribution is 2.24. The van der Waals surface area contributed by atoms with Crippen LogP contribution < -0.4 is 15.4 Å². The van der Waals surface area contributed by atoms with Gasteiger partial charge in [-0.2, -0.15) is 0 Å². The molecular weight excluding hydrogens is 354 g/mol. The molecule has 6 heteroatoms. The van der Waals surface area contributed by atoms with Gasteiger partial charge in [0, 0.05) is 19.3 Å². The van der Waals surface area contributed by atoms with E-state index in [0.717, 1.165) is 43.2 Å². The molecule has 2 heterocycles. The Morgan fingerprint density at radius 2 is 1.96 bits per heavy atom. The van der Waals surface area contributed by atoms with Crippen LogP contribution in [0, 0.1) is 5.92 Å². The molecule has 0 saturated carbocycles. The standard InChI is InChI=1S/C22H29N3O3/c1-27-22(26)20(23)16-18-5-7-19(8-6-18)28-15-11-17-9-13-25(14-10-17)21-4-2-3-12-24-21/h2-8,12,17,20H,9-11,13-16,23H2,1H3. The minimum absolute atomic E-state index is 0.394. The van der Waals surface area contributed by atoms with E-state index in [1.54, 1.807) is 0 Å². The normalized spacial score (nSPS) is 15.9. The highest BCUT2D eigenvalue weighted by Gasteiger charge is 2.20. The Balaban J connectivity index is 1.37. The lowest BCUT2D eigenvalue weighted by molar-refractivity contribution is -0.142. The van der Waals surface area contributed by atoms with Gasteiger partial charge in [0.2, 0.25) is 0 Å². The first kappa shape index (κ1) is 20.1. The van der Waals surface area contributed by atoms with Crippen molar-refractivity contribution in [1.82, 2.24) is 4.98 Å². The predicted molar refractivity (Wildman–Crippen MR) is 109 cm³/mol. The minimum Gasteiger partial charge on any atom is -0.494 e. The largest absolute Gasteiger partial charge is 0.494 e. The number of ether oxygens (including phenoxy) is 2. The van der Waals surface area contributed by atoms with E-state index in [2.05, 4.69) is 20.7 Å². The number of benzene rings is 1. The Labute approximate surface area is 166 Å². The molecule has 1 atom stereocenters. The fraction of sp³-hybridized carbons (Fsp3) is 0.455. The van der Waals surface area contributed by atoms with E-state index in [4.69, 9.17) is 10.5 Å². The number of anilines is 1. The predicted octanol–water partition coefficient (Wildman–Crippen LogP) is 2.81. The summed E-state index contributed by atoms with van der Waals surface area (Å²) in [6.45, 7) is 2.82. The monoisotopic (exact) mass is 383 g/mol. The van der Waals surface area contributed by atoms with Crippen LogP contribution in [0.25, 0.3) is 0 Å². The molecular formula is C22H29N3O3. The first-order valence-electron chi connectivity index (χ1n) is 9.87. The van der Waals surface area contributed by atoms with Gasteiger partial charge in [0.05, 0.1) is 13.7 Å². The average Bonchev–Trinajstić information content (AvgIpc) is 2.75. The minimum atomic E-state index is -0.631. The summed E-state index contributed by atoms with van der Waals surface area (Å²) in [4.78, 5) is 18.2. The number of rotatable bonds is 8. The third-order valence-corrected chi connectivity index (χ3v) is 5.27. The number of methoxy groups -OCH3 is 1. The maximum atomic E-state index is 11.4. The molecule has 1 aromatic carbocycles. The van der Waals surface area contributed by atoms with Crippen LogP contribution in [0.3, 0.4) is 0 Å². The molecule has 0 aliphatic carbocycles. The molecule has 0 radical (unpaired) electrons. The summed E-state index contributed by atoms with van der Waals surface area (Å²) in [7, 11) is 1.35. The second-order valence-corrected chi connectivity index (χ2v) is 7.23. The van der Waals surface area contributed by atoms with Crippen molar-refractivity contribution in [3.63, 3.8) is 0 Å². The van der Waals surface area contributed by atoms with Gasteiger partial charge in [0.1, 0.15) is 17.6 Å².